The van der Waals surface area contributed by atoms with Crippen molar-refractivity contribution in [2.24, 2.45) is 0 Å². The molecule has 1 fully saturated rings. The Balaban J connectivity index is 2.54. The topological polar surface area (TPSA) is 18.5 Å². The van der Waals surface area contributed by atoms with E-state index in [1.807, 2.05) is 0 Å². The van der Waals surface area contributed by atoms with Crippen LogP contribution in [0.3, 0.4) is 0 Å². The molecule has 0 unspecified atom stereocenters. The molecule has 2 nitrogen and oxygen atoms in total. The first-order chi connectivity index (χ1) is 4.10. The van der Waals surface area contributed by atoms with E-state index in [1.54, 1.807) is 0 Å². The van der Waals surface area contributed by atoms with E-state index >= 15 is 0 Å². The summed E-state index contributed by atoms with van der Waals surface area (Å²) >= 11 is 8.84. The molecule has 52 valence electrons. The van der Waals surface area contributed by atoms with Crippen LogP contribution in [0.5, 0.6) is 0 Å². The monoisotopic (exact) mass is 182 g/mol. The first-order valence-corrected chi connectivity index (χ1v) is 6.18. The average molecular weight is 182 g/mol. The number of hydrogen-bond acceptors (Lipinski definition) is 3. The van der Waals surface area contributed by atoms with Gasteiger partial charge in [0.15, 0.2) is 0 Å². The Labute approximate surface area is 64.6 Å². The van der Waals surface area contributed by atoms with Gasteiger partial charge in [-0.2, -0.15) is 0 Å². The minimum atomic E-state index is -2.16. The molecule has 9 heavy (non-hydrogen) atoms. The molecule has 1 aliphatic heterocycles. The van der Waals surface area contributed by atoms with Gasteiger partial charge in [-0.25, -0.2) is 0 Å². The molecule has 0 N–H and O–H groups in total. The molecule has 0 bridgehead atoms. The molecular weight excluding hydrogens is 175 g/mol. The summed E-state index contributed by atoms with van der Waals surface area (Å²) < 4.78 is 10.1. The van der Waals surface area contributed by atoms with Crippen molar-refractivity contribution in [3.8, 4) is 0 Å². The molecule has 1 aliphatic rings. The third-order valence-corrected chi connectivity index (χ3v) is 3.10. The van der Waals surface area contributed by atoms with E-state index < -0.39 is 5.69 Å². The van der Waals surface area contributed by atoms with Crippen LogP contribution >= 0.6 is 17.9 Å². The van der Waals surface area contributed by atoms with Crippen molar-refractivity contribution in [3.63, 3.8) is 0 Å². The molecule has 0 aromatic carbocycles. The van der Waals surface area contributed by atoms with Gasteiger partial charge in [-0.05, 0) is 17.4 Å². The third kappa shape index (κ3) is 2.40. The average Bonchev–Trinajstić information content (AvgIpc) is 1.78. The number of hydrogen-bond donors (Lipinski definition) is 1. The van der Waals surface area contributed by atoms with Crippen LogP contribution in [0.1, 0.15) is 0 Å². The van der Waals surface area contributed by atoms with Crippen molar-refractivity contribution < 1.29 is 9.05 Å². The van der Waals surface area contributed by atoms with Crippen LogP contribution in [-0.2, 0) is 20.9 Å². The van der Waals surface area contributed by atoms with Gasteiger partial charge in [0, 0.05) is 0 Å². The fraction of sp³-hybridized carbons (Fsp3) is 0.500. The van der Waals surface area contributed by atoms with Crippen molar-refractivity contribution in [3.05, 3.63) is 12.2 Å². The predicted octanol–water partition coefficient (Wildman–Crippen LogP) is 1.74. The van der Waals surface area contributed by atoms with E-state index in [0.717, 1.165) is 5.57 Å². The Morgan fingerprint density at radius 1 is 1.56 bits per heavy atom. The quantitative estimate of drug-likeness (QED) is 0.350. The van der Waals surface area contributed by atoms with Crippen molar-refractivity contribution in [1.29, 1.82) is 0 Å². The van der Waals surface area contributed by atoms with E-state index in [9.17, 15) is 0 Å². The van der Waals surface area contributed by atoms with Gasteiger partial charge >= 0.3 is 0 Å². The second-order valence-electron chi connectivity index (χ2n) is 1.77. The minimum Gasteiger partial charge on any atom is -0.317 e. The van der Waals surface area contributed by atoms with Crippen LogP contribution < -0.4 is 0 Å². The fourth-order valence-electron chi connectivity index (χ4n) is 0.425. The smallest absolute Gasteiger partial charge is 0.244 e. The van der Waals surface area contributed by atoms with Crippen molar-refractivity contribution in [2.75, 3.05) is 13.2 Å². The molecule has 0 amide bonds. The summed E-state index contributed by atoms with van der Waals surface area (Å²) in [6.45, 7) is 4.67. The molecule has 0 aromatic heterocycles. The molecule has 1 rings (SSSR count). The van der Waals surface area contributed by atoms with Gasteiger partial charge in [0.05, 0.1) is 13.2 Å². The molecule has 0 radical (unpaired) electrons. The summed E-state index contributed by atoms with van der Waals surface area (Å²) in [7, 11) is 0. The van der Waals surface area contributed by atoms with Crippen molar-refractivity contribution in [2.45, 2.75) is 0 Å². The van der Waals surface area contributed by atoms with E-state index in [-0.39, 0.29) is 0 Å². The maximum absolute atomic E-state index is 5.05. The number of thiol groups is 1. The second-order valence-corrected chi connectivity index (χ2v) is 7.05. The lowest BCUT2D eigenvalue weighted by atomic mass is 10.4. The van der Waals surface area contributed by atoms with Crippen molar-refractivity contribution >= 4 is 29.7 Å². The van der Waals surface area contributed by atoms with Crippen LogP contribution in [0, 0.1) is 0 Å². The zero-order valence-corrected chi connectivity index (χ0v) is 7.35. The molecule has 0 aliphatic carbocycles. The summed E-state index contributed by atoms with van der Waals surface area (Å²) in [4.78, 5) is 0. The SMILES string of the molecule is C=C1COP(=S)(S)OC1. The highest BCUT2D eigenvalue weighted by molar-refractivity contribution is 8.60. The van der Waals surface area contributed by atoms with Crippen molar-refractivity contribution in [1.82, 2.24) is 0 Å². The molecule has 1 heterocycles. The normalized spacial score (nSPS) is 26.1. The lowest BCUT2D eigenvalue weighted by Crippen LogP contribution is -2.07. The van der Waals surface area contributed by atoms with Gasteiger partial charge in [-0.15, -0.1) is 0 Å². The lowest BCUT2D eigenvalue weighted by Gasteiger charge is -2.22. The first-order valence-electron chi connectivity index (χ1n) is 2.39. The molecule has 0 saturated carbocycles. The highest BCUT2D eigenvalue weighted by atomic mass is 32.9. The number of rotatable bonds is 0. The van der Waals surface area contributed by atoms with E-state index in [1.165, 1.54) is 0 Å². The Bertz CT molecular complexity index is 165. The van der Waals surface area contributed by atoms with Gasteiger partial charge in [-0.1, -0.05) is 18.8 Å². The van der Waals surface area contributed by atoms with Crippen LogP contribution in [-0.4, -0.2) is 13.2 Å². The maximum atomic E-state index is 5.05. The zero-order valence-electron chi connectivity index (χ0n) is 4.74. The van der Waals surface area contributed by atoms with Gasteiger partial charge in [-0.3, -0.25) is 0 Å². The summed E-state index contributed by atoms with van der Waals surface area (Å²) in [5.74, 6) is 0. The van der Waals surface area contributed by atoms with E-state index in [4.69, 9.17) is 20.9 Å². The van der Waals surface area contributed by atoms with E-state index in [2.05, 4.69) is 18.8 Å². The molecule has 5 heteroatoms. The Kier molecular flexibility index (Phi) is 2.35. The fourth-order valence-corrected chi connectivity index (χ4v) is 1.85. The lowest BCUT2D eigenvalue weighted by molar-refractivity contribution is 0.242. The molecule has 0 atom stereocenters. The van der Waals surface area contributed by atoms with Gasteiger partial charge in [0.25, 0.3) is 0 Å². The minimum absolute atomic E-state index is 0.501. The van der Waals surface area contributed by atoms with Crippen LogP contribution in [0.15, 0.2) is 12.2 Å². The Morgan fingerprint density at radius 2 is 2.00 bits per heavy atom. The third-order valence-electron chi connectivity index (χ3n) is 0.864. The van der Waals surface area contributed by atoms with Gasteiger partial charge in [0.2, 0.25) is 5.69 Å². The predicted molar refractivity (Wildman–Crippen MR) is 44.3 cm³/mol. The largest absolute Gasteiger partial charge is 0.317 e. The van der Waals surface area contributed by atoms with Crippen LogP contribution in [0.2, 0.25) is 0 Å². The zero-order chi connectivity index (χ0) is 6.91. The highest BCUT2D eigenvalue weighted by Crippen LogP contribution is 2.55. The summed E-state index contributed by atoms with van der Waals surface area (Å²) in [6, 6.07) is 0. The van der Waals surface area contributed by atoms with Gasteiger partial charge in [0.1, 0.15) is 0 Å². The highest BCUT2D eigenvalue weighted by Gasteiger charge is 2.18. The summed E-state index contributed by atoms with van der Waals surface area (Å²) in [5, 5.41) is 0. The first kappa shape index (κ1) is 7.76. The molecule has 1 saturated heterocycles. The van der Waals surface area contributed by atoms with E-state index in [0.29, 0.717) is 13.2 Å². The van der Waals surface area contributed by atoms with Crippen LogP contribution in [0.4, 0.5) is 0 Å². The second kappa shape index (κ2) is 2.72. The Hall–Kier alpha value is 0.660. The summed E-state index contributed by atoms with van der Waals surface area (Å²) in [5.41, 5.74) is -1.24. The summed E-state index contributed by atoms with van der Waals surface area (Å²) in [6.07, 6.45) is 0. The molecular formula is C4H7O2PS2. The van der Waals surface area contributed by atoms with Crippen LogP contribution in [0.25, 0.3) is 0 Å². The molecule has 0 spiro atoms. The molecule has 0 aromatic rings. The Morgan fingerprint density at radius 3 is 2.33 bits per heavy atom. The standard InChI is InChI=1S/C4H7O2PS2/c1-4-2-5-7(8,9)6-3-4/h1-3H2,(H,8,9). The van der Waals surface area contributed by atoms with Gasteiger partial charge < -0.3 is 9.05 Å². The maximum Gasteiger partial charge on any atom is 0.244 e.